The summed E-state index contributed by atoms with van der Waals surface area (Å²) >= 11 is 0. The summed E-state index contributed by atoms with van der Waals surface area (Å²) < 4.78 is 9.89. The van der Waals surface area contributed by atoms with Crippen molar-refractivity contribution in [2.24, 2.45) is 0 Å². The summed E-state index contributed by atoms with van der Waals surface area (Å²) in [5.74, 6) is -0.311. The molecule has 2 amide bonds. The molecule has 0 radical (unpaired) electrons. The molecular formula is C13H20N2O3S. The topological polar surface area (TPSA) is 78.4 Å². The van der Waals surface area contributed by atoms with Crippen LogP contribution in [0, 0.1) is 0 Å². The number of carbonyl (C=O) groups excluding carboxylic acids is 2. The minimum Gasteiger partial charge on any atom is -0.355 e. The van der Waals surface area contributed by atoms with Crippen LogP contribution in [0.25, 0.3) is 0 Å². The van der Waals surface area contributed by atoms with Crippen LogP contribution >= 0.6 is 10.3 Å². The van der Waals surface area contributed by atoms with E-state index >= 15 is 0 Å². The third-order valence-electron chi connectivity index (χ3n) is 2.48. The number of amides is 2. The predicted octanol–water partition coefficient (Wildman–Crippen LogP) is 1.45. The Bertz CT molecular complexity index is 452. The van der Waals surface area contributed by atoms with Crippen molar-refractivity contribution in [1.29, 1.82) is 0 Å². The van der Waals surface area contributed by atoms with Crippen molar-refractivity contribution in [3.05, 3.63) is 29.8 Å². The highest BCUT2D eigenvalue weighted by Crippen LogP contribution is 2.44. The lowest BCUT2D eigenvalue weighted by molar-refractivity contribution is -0.118. The van der Waals surface area contributed by atoms with E-state index in [9.17, 15) is 14.1 Å². The van der Waals surface area contributed by atoms with Crippen LogP contribution in [0.5, 0.6) is 0 Å². The number of hydrogen-bond acceptors (Lipinski definition) is 3. The Hall–Kier alpha value is -1.53. The van der Waals surface area contributed by atoms with Gasteiger partial charge in [0.1, 0.15) is 0 Å². The van der Waals surface area contributed by atoms with Gasteiger partial charge in [0, 0.05) is 30.5 Å². The number of carbonyl (C=O) groups is 2. The molecule has 0 aliphatic carbocycles. The van der Waals surface area contributed by atoms with Gasteiger partial charge in [0.2, 0.25) is 5.91 Å². The summed E-state index contributed by atoms with van der Waals surface area (Å²) in [6.45, 7) is 2.23. The van der Waals surface area contributed by atoms with E-state index in [0.717, 1.165) is 4.90 Å². The van der Waals surface area contributed by atoms with Gasteiger partial charge in [-0.25, -0.2) is 0 Å². The Morgan fingerprint density at radius 2 is 1.63 bits per heavy atom. The normalized spacial score (nSPS) is 11.8. The number of nitrogens with one attached hydrogen (secondary N) is 2. The quantitative estimate of drug-likeness (QED) is 0.716. The Morgan fingerprint density at radius 1 is 1.11 bits per heavy atom. The van der Waals surface area contributed by atoms with Crippen molar-refractivity contribution in [3.8, 4) is 0 Å². The molecule has 0 heterocycles. The summed E-state index contributed by atoms with van der Waals surface area (Å²) in [5.41, 5.74) is 0.537. The van der Waals surface area contributed by atoms with E-state index < -0.39 is 10.3 Å². The second-order valence-corrected chi connectivity index (χ2v) is 7.55. The summed E-state index contributed by atoms with van der Waals surface area (Å²) in [7, 11) is -1.75. The summed E-state index contributed by atoms with van der Waals surface area (Å²) in [6, 6.07) is 6.90. The van der Waals surface area contributed by atoms with Gasteiger partial charge in [-0.3, -0.25) is 9.59 Å². The third kappa shape index (κ3) is 5.32. The van der Waals surface area contributed by atoms with Gasteiger partial charge in [-0.15, -0.1) is 10.3 Å². The first kappa shape index (κ1) is 15.5. The standard InChI is InChI=1S/C13H20N2O3S/c1-10(16)14-8-9-15-13(17)11-4-6-12(7-5-11)19(2,3)18/h4-7,18H,8-9H2,1-3H3,(H,14,16)(H,15,17). The number of benzene rings is 1. The Labute approximate surface area is 114 Å². The van der Waals surface area contributed by atoms with Crippen LogP contribution in [0.2, 0.25) is 0 Å². The fraction of sp³-hybridized carbons (Fsp3) is 0.385. The van der Waals surface area contributed by atoms with Gasteiger partial charge in [0.25, 0.3) is 5.91 Å². The lowest BCUT2D eigenvalue weighted by Gasteiger charge is -2.23. The molecule has 0 aliphatic heterocycles. The van der Waals surface area contributed by atoms with Crippen LogP contribution in [0.3, 0.4) is 0 Å². The second kappa shape index (κ2) is 6.58. The van der Waals surface area contributed by atoms with Crippen LogP contribution in [-0.2, 0) is 4.79 Å². The van der Waals surface area contributed by atoms with Crippen molar-refractivity contribution < 1.29 is 14.1 Å². The molecule has 1 rings (SSSR count). The first-order chi connectivity index (χ1) is 8.80. The van der Waals surface area contributed by atoms with Crippen molar-refractivity contribution in [1.82, 2.24) is 10.6 Å². The Morgan fingerprint density at radius 3 is 2.11 bits per heavy atom. The molecule has 6 heteroatoms. The van der Waals surface area contributed by atoms with Gasteiger partial charge in [-0.05, 0) is 36.8 Å². The highest BCUT2D eigenvalue weighted by atomic mass is 32.3. The fourth-order valence-corrected chi connectivity index (χ4v) is 2.26. The second-order valence-electron chi connectivity index (χ2n) is 4.54. The highest BCUT2D eigenvalue weighted by Gasteiger charge is 2.11. The van der Waals surface area contributed by atoms with Gasteiger partial charge in [0.15, 0.2) is 0 Å². The zero-order chi connectivity index (χ0) is 14.5. The highest BCUT2D eigenvalue weighted by molar-refractivity contribution is 8.28. The largest absolute Gasteiger partial charge is 0.355 e. The van der Waals surface area contributed by atoms with Crippen molar-refractivity contribution in [3.63, 3.8) is 0 Å². The molecule has 0 spiro atoms. The van der Waals surface area contributed by atoms with Crippen LogP contribution in [0.15, 0.2) is 29.2 Å². The molecule has 5 nitrogen and oxygen atoms in total. The molecule has 0 atom stereocenters. The zero-order valence-electron chi connectivity index (χ0n) is 11.4. The molecule has 0 bridgehead atoms. The van der Waals surface area contributed by atoms with Crippen LogP contribution < -0.4 is 10.6 Å². The van der Waals surface area contributed by atoms with Gasteiger partial charge in [0.05, 0.1) is 0 Å². The van der Waals surface area contributed by atoms with Gasteiger partial charge < -0.3 is 15.2 Å². The average Bonchev–Trinajstić information content (AvgIpc) is 2.33. The van der Waals surface area contributed by atoms with Crippen LogP contribution in [0.4, 0.5) is 0 Å². The first-order valence-corrected chi connectivity index (χ1v) is 8.30. The number of hydrogen-bond donors (Lipinski definition) is 3. The minimum absolute atomic E-state index is 0.119. The SMILES string of the molecule is CC(=O)NCCNC(=O)c1ccc(S(C)(C)O)cc1. The molecular weight excluding hydrogens is 264 g/mol. The van der Waals surface area contributed by atoms with E-state index in [1.165, 1.54) is 6.92 Å². The maximum Gasteiger partial charge on any atom is 0.251 e. The summed E-state index contributed by atoms with van der Waals surface area (Å²) in [5, 5.41) is 5.30. The molecule has 0 unspecified atom stereocenters. The summed E-state index contributed by atoms with van der Waals surface area (Å²) in [6.07, 6.45) is 3.55. The monoisotopic (exact) mass is 284 g/mol. The van der Waals surface area contributed by atoms with E-state index in [4.69, 9.17) is 0 Å². The molecule has 0 fully saturated rings. The molecule has 0 saturated heterocycles. The van der Waals surface area contributed by atoms with E-state index in [1.54, 1.807) is 36.8 Å². The molecule has 1 aromatic carbocycles. The Kier molecular flexibility index (Phi) is 5.38. The van der Waals surface area contributed by atoms with E-state index in [1.807, 2.05) is 0 Å². The van der Waals surface area contributed by atoms with E-state index in [0.29, 0.717) is 18.7 Å². The smallest absolute Gasteiger partial charge is 0.251 e. The summed E-state index contributed by atoms with van der Waals surface area (Å²) in [4.78, 5) is 23.3. The van der Waals surface area contributed by atoms with Gasteiger partial charge in [-0.1, -0.05) is 0 Å². The molecule has 0 saturated carbocycles. The van der Waals surface area contributed by atoms with Crippen molar-refractivity contribution in [2.45, 2.75) is 11.8 Å². The van der Waals surface area contributed by atoms with Crippen molar-refractivity contribution >= 4 is 22.1 Å². The third-order valence-corrected chi connectivity index (χ3v) is 3.90. The lowest BCUT2D eigenvalue weighted by atomic mass is 10.2. The number of rotatable bonds is 5. The lowest BCUT2D eigenvalue weighted by Crippen LogP contribution is -2.33. The minimum atomic E-state index is -1.75. The fourth-order valence-electron chi connectivity index (χ4n) is 1.46. The van der Waals surface area contributed by atoms with Gasteiger partial charge >= 0.3 is 0 Å². The molecule has 0 aromatic heterocycles. The molecule has 106 valence electrons. The maximum atomic E-state index is 11.8. The first-order valence-electron chi connectivity index (χ1n) is 5.89. The zero-order valence-corrected chi connectivity index (χ0v) is 12.2. The predicted molar refractivity (Wildman–Crippen MR) is 77.8 cm³/mol. The van der Waals surface area contributed by atoms with Crippen LogP contribution in [0.1, 0.15) is 17.3 Å². The average molecular weight is 284 g/mol. The molecule has 3 N–H and O–H groups in total. The molecule has 19 heavy (non-hydrogen) atoms. The molecule has 1 aromatic rings. The van der Waals surface area contributed by atoms with Crippen LogP contribution in [-0.4, -0.2) is 42.0 Å². The van der Waals surface area contributed by atoms with Crippen molar-refractivity contribution in [2.75, 3.05) is 25.6 Å². The Balaban J connectivity index is 2.52. The van der Waals surface area contributed by atoms with E-state index in [-0.39, 0.29) is 11.8 Å². The maximum absolute atomic E-state index is 11.8. The van der Waals surface area contributed by atoms with E-state index in [2.05, 4.69) is 10.6 Å². The van der Waals surface area contributed by atoms with Gasteiger partial charge in [-0.2, -0.15) is 0 Å². The molecule has 0 aliphatic rings.